The molecule has 22 heavy (non-hydrogen) atoms. The molecule has 1 amide bonds. The topological polar surface area (TPSA) is 85.8 Å². The van der Waals surface area contributed by atoms with Gasteiger partial charge in [-0.2, -0.15) is 0 Å². The van der Waals surface area contributed by atoms with Gasteiger partial charge in [0.05, 0.1) is 11.4 Å². The molecule has 1 heterocycles. The van der Waals surface area contributed by atoms with Crippen LogP contribution in [0.3, 0.4) is 0 Å². The Labute approximate surface area is 144 Å². The van der Waals surface area contributed by atoms with Crippen molar-refractivity contribution in [3.05, 3.63) is 40.1 Å². The minimum absolute atomic E-state index is 0. The summed E-state index contributed by atoms with van der Waals surface area (Å²) in [5.74, 6) is -0.274. The van der Waals surface area contributed by atoms with E-state index in [-0.39, 0.29) is 18.3 Å². The third kappa shape index (κ3) is 4.06. The highest BCUT2D eigenvalue weighted by Gasteiger charge is 2.23. The normalized spacial score (nSPS) is 11.0. The predicted octanol–water partition coefficient (Wildman–Crippen LogP) is 2.23. The van der Waals surface area contributed by atoms with Gasteiger partial charge in [0.15, 0.2) is 5.69 Å². The molecule has 6 nitrogen and oxygen atoms in total. The average Bonchev–Trinajstić information content (AvgIpc) is 2.80. The highest BCUT2D eigenvalue weighted by molar-refractivity contribution is 9.10. The number of nitrogens with two attached hydrogens (primary N) is 1. The van der Waals surface area contributed by atoms with E-state index in [4.69, 9.17) is 5.73 Å². The molecule has 0 spiro atoms. The number of halogens is 2. The first-order valence-electron chi connectivity index (χ1n) is 6.55. The Hall–Kier alpha value is -1.44. The summed E-state index contributed by atoms with van der Waals surface area (Å²) in [6, 6.07) is 7.64. The molecular weight excluding hydrogens is 370 g/mol. The summed E-state index contributed by atoms with van der Waals surface area (Å²) >= 11 is 3.41. The summed E-state index contributed by atoms with van der Waals surface area (Å²) in [7, 11) is 0. The van der Waals surface area contributed by atoms with E-state index in [2.05, 4.69) is 31.6 Å². The minimum Gasteiger partial charge on any atom is -0.344 e. The molecule has 0 atom stereocenters. The van der Waals surface area contributed by atoms with Crippen LogP contribution >= 0.6 is 28.3 Å². The van der Waals surface area contributed by atoms with Gasteiger partial charge < -0.3 is 11.1 Å². The van der Waals surface area contributed by atoms with Gasteiger partial charge in [0, 0.05) is 16.6 Å². The Balaban J connectivity index is 0.00000242. The number of hydrogen-bond acceptors (Lipinski definition) is 4. The summed E-state index contributed by atoms with van der Waals surface area (Å²) in [4.78, 5) is 12.3. The van der Waals surface area contributed by atoms with Crippen molar-refractivity contribution in [1.29, 1.82) is 0 Å². The van der Waals surface area contributed by atoms with Gasteiger partial charge in [-0.05, 0) is 39.0 Å². The van der Waals surface area contributed by atoms with Crippen molar-refractivity contribution in [3.63, 3.8) is 0 Å². The van der Waals surface area contributed by atoms with E-state index in [1.165, 1.54) is 0 Å². The van der Waals surface area contributed by atoms with Gasteiger partial charge in [-0.3, -0.25) is 4.79 Å². The minimum atomic E-state index is -0.483. The molecule has 0 unspecified atom stereocenters. The molecule has 0 aliphatic heterocycles. The number of rotatable bonds is 4. The van der Waals surface area contributed by atoms with Gasteiger partial charge in [0.2, 0.25) is 0 Å². The van der Waals surface area contributed by atoms with Crippen LogP contribution in [0.1, 0.15) is 30.0 Å². The van der Waals surface area contributed by atoms with E-state index >= 15 is 0 Å². The molecular formula is C14H19BrClN5O. The molecule has 0 radical (unpaired) electrons. The van der Waals surface area contributed by atoms with E-state index in [0.717, 1.165) is 10.2 Å². The Kier molecular flexibility index (Phi) is 6.10. The lowest BCUT2D eigenvalue weighted by Crippen LogP contribution is -2.49. The van der Waals surface area contributed by atoms with Gasteiger partial charge in [-0.1, -0.05) is 27.2 Å². The molecule has 2 rings (SSSR count). The van der Waals surface area contributed by atoms with Crippen molar-refractivity contribution >= 4 is 34.2 Å². The van der Waals surface area contributed by atoms with E-state index in [1.807, 2.05) is 45.0 Å². The molecule has 3 N–H and O–H groups in total. The van der Waals surface area contributed by atoms with E-state index in [9.17, 15) is 4.79 Å². The molecule has 0 saturated heterocycles. The number of aromatic nitrogens is 3. The van der Waals surface area contributed by atoms with Crippen LogP contribution in [-0.4, -0.2) is 33.0 Å². The van der Waals surface area contributed by atoms with Gasteiger partial charge in [0.1, 0.15) is 0 Å². The largest absolute Gasteiger partial charge is 0.344 e. The van der Waals surface area contributed by atoms with Crippen molar-refractivity contribution in [1.82, 2.24) is 20.3 Å². The highest BCUT2D eigenvalue weighted by atomic mass is 79.9. The van der Waals surface area contributed by atoms with Gasteiger partial charge in [-0.25, -0.2) is 4.68 Å². The quantitative estimate of drug-likeness (QED) is 0.841. The number of nitrogens with zero attached hydrogens (tertiary/aromatic N) is 3. The second kappa shape index (κ2) is 7.21. The maximum absolute atomic E-state index is 12.3. The molecule has 1 aromatic heterocycles. The zero-order valence-electron chi connectivity index (χ0n) is 12.6. The fraction of sp³-hybridized carbons (Fsp3) is 0.357. The summed E-state index contributed by atoms with van der Waals surface area (Å²) in [5.41, 5.74) is 6.96. The van der Waals surface area contributed by atoms with Crippen LogP contribution in [0.2, 0.25) is 0 Å². The monoisotopic (exact) mass is 387 g/mol. The number of hydrogen-bond donors (Lipinski definition) is 2. The molecule has 0 bridgehead atoms. The summed E-state index contributed by atoms with van der Waals surface area (Å²) in [6.45, 7) is 5.88. The van der Waals surface area contributed by atoms with Gasteiger partial charge >= 0.3 is 0 Å². The standard InChI is InChI=1S/C14H18BrN5O.ClH/c1-9-12(13(21)17-14(2,3)8-16)18-19-20(9)11-6-4-5-10(15)7-11;/h4-7H,8,16H2,1-3H3,(H,17,21);1H. The zero-order chi connectivity index (χ0) is 15.6. The van der Waals surface area contributed by atoms with Crippen molar-refractivity contribution in [2.45, 2.75) is 26.3 Å². The van der Waals surface area contributed by atoms with Crippen LogP contribution < -0.4 is 11.1 Å². The molecule has 2 aromatic rings. The van der Waals surface area contributed by atoms with Crippen molar-refractivity contribution in [3.8, 4) is 5.69 Å². The number of carbonyl (C=O) groups excluding carboxylic acids is 1. The number of carbonyl (C=O) groups is 1. The molecule has 0 fully saturated rings. The lowest BCUT2D eigenvalue weighted by atomic mass is 10.1. The summed E-state index contributed by atoms with van der Waals surface area (Å²) in [5, 5.41) is 10.9. The van der Waals surface area contributed by atoms with Crippen LogP contribution in [-0.2, 0) is 0 Å². The fourth-order valence-electron chi connectivity index (χ4n) is 1.81. The smallest absolute Gasteiger partial charge is 0.274 e. The van der Waals surface area contributed by atoms with Crippen LogP contribution in [0.5, 0.6) is 0 Å². The maximum Gasteiger partial charge on any atom is 0.274 e. The number of benzene rings is 1. The Bertz CT molecular complexity index is 671. The molecule has 0 saturated carbocycles. The number of amides is 1. The van der Waals surface area contributed by atoms with E-state index in [0.29, 0.717) is 17.9 Å². The second-order valence-electron chi connectivity index (χ2n) is 5.46. The van der Waals surface area contributed by atoms with Crippen LogP contribution in [0, 0.1) is 6.92 Å². The first-order chi connectivity index (χ1) is 9.84. The van der Waals surface area contributed by atoms with Crippen LogP contribution in [0.25, 0.3) is 5.69 Å². The van der Waals surface area contributed by atoms with Crippen molar-refractivity contribution in [2.24, 2.45) is 5.73 Å². The molecule has 0 aliphatic carbocycles. The third-order valence-electron chi connectivity index (χ3n) is 3.12. The van der Waals surface area contributed by atoms with E-state index in [1.54, 1.807) is 4.68 Å². The van der Waals surface area contributed by atoms with Gasteiger partial charge in [-0.15, -0.1) is 17.5 Å². The summed E-state index contributed by atoms with van der Waals surface area (Å²) < 4.78 is 2.57. The average molecular weight is 389 g/mol. The zero-order valence-corrected chi connectivity index (χ0v) is 15.0. The lowest BCUT2D eigenvalue weighted by molar-refractivity contribution is 0.0910. The van der Waals surface area contributed by atoms with Crippen LogP contribution in [0.4, 0.5) is 0 Å². The highest BCUT2D eigenvalue weighted by Crippen LogP contribution is 2.17. The lowest BCUT2D eigenvalue weighted by Gasteiger charge is -2.23. The van der Waals surface area contributed by atoms with Gasteiger partial charge in [0.25, 0.3) is 5.91 Å². The molecule has 1 aromatic carbocycles. The van der Waals surface area contributed by atoms with Crippen molar-refractivity contribution in [2.75, 3.05) is 6.54 Å². The Morgan fingerprint density at radius 1 is 1.45 bits per heavy atom. The Morgan fingerprint density at radius 3 is 2.73 bits per heavy atom. The molecule has 0 aliphatic rings. The molecule has 120 valence electrons. The van der Waals surface area contributed by atoms with Crippen LogP contribution in [0.15, 0.2) is 28.7 Å². The second-order valence-corrected chi connectivity index (χ2v) is 6.37. The molecule has 8 heteroatoms. The SMILES string of the molecule is Cc1c(C(=O)NC(C)(C)CN)nnn1-c1cccc(Br)c1.Cl. The first-order valence-corrected chi connectivity index (χ1v) is 7.34. The van der Waals surface area contributed by atoms with E-state index < -0.39 is 5.54 Å². The predicted molar refractivity (Wildman–Crippen MR) is 91.6 cm³/mol. The summed E-state index contributed by atoms with van der Waals surface area (Å²) in [6.07, 6.45) is 0. The Morgan fingerprint density at radius 2 is 2.14 bits per heavy atom. The maximum atomic E-state index is 12.3. The fourth-order valence-corrected chi connectivity index (χ4v) is 2.20. The number of nitrogens with one attached hydrogen (secondary N) is 1. The third-order valence-corrected chi connectivity index (χ3v) is 3.62. The first kappa shape index (κ1) is 18.6. The van der Waals surface area contributed by atoms with Crippen molar-refractivity contribution < 1.29 is 4.79 Å².